The van der Waals surface area contributed by atoms with Gasteiger partial charge in [0.15, 0.2) is 0 Å². The van der Waals surface area contributed by atoms with E-state index in [9.17, 15) is 14.4 Å². The zero-order chi connectivity index (χ0) is 13.2. The lowest BCUT2D eigenvalue weighted by Crippen LogP contribution is -2.52. The van der Waals surface area contributed by atoms with E-state index in [1.165, 1.54) is 12.2 Å². The van der Waals surface area contributed by atoms with E-state index < -0.39 is 5.41 Å². The Morgan fingerprint density at radius 1 is 1.22 bits per heavy atom. The van der Waals surface area contributed by atoms with Gasteiger partial charge in [-0.1, -0.05) is 19.3 Å². The summed E-state index contributed by atoms with van der Waals surface area (Å²) in [6.07, 6.45) is 6.69. The highest BCUT2D eigenvalue weighted by molar-refractivity contribution is 6.13. The quantitative estimate of drug-likeness (QED) is 0.316. The van der Waals surface area contributed by atoms with Crippen LogP contribution >= 0.6 is 0 Å². The molecular weight excluding hydrogens is 234 g/mol. The third-order valence-corrected chi connectivity index (χ3v) is 3.78. The summed E-state index contributed by atoms with van der Waals surface area (Å²) in [5, 5.41) is 0. The van der Waals surface area contributed by atoms with E-state index in [0.29, 0.717) is 12.8 Å². The van der Waals surface area contributed by atoms with Crippen molar-refractivity contribution in [3.8, 4) is 0 Å². The van der Waals surface area contributed by atoms with Gasteiger partial charge in [0.2, 0.25) is 5.91 Å². The number of hydrazine groups is 1. The average molecular weight is 251 g/mol. The number of imide groups is 1. The fraction of sp³-hybridized carbons (Fsp3) is 0.583. The van der Waals surface area contributed by atoms with Crippen LogP contribution in [-0.4, -0.2) is 29.2 Å². The molecule has 0 atom stereocenters. The van der Waals surface area contributed by atoms with Crippen molar-refractivity contribution in [2.45, 2.75) is 32.1 Å². The number of rotatable bonds is 3. The lowest BCUT2D eigenvalue weighted by molar-refractivity contribution is -0.143. The van der Waals surface area contributed by atoms with E-state index in [-0.39, 0.29) is 24.3 Å². The van der Waals surface area contributed by atoms with Gasteiger partial charge >= 0.3 is 0 Å². The van der Waals surface area contributed by atoms with Crippen LogP contribution in [0.4, 0.5) is 0 Å². The average Bonchev–Trinajstić information content (AvgIpc) is 2.70. The number of carbonyl (C=O) groups excluding carboxylic acids is 3. The molecule has 0 aromatic rings. The van der Waals surface area contributed by atoms with Crippen LogP contribution in [0.3, 0.4) is 0 Å². The Morgan fingerprint density at radius 2 is 1.78 bits per heavy atom. The first-order chi connectivity index (χ1) is 8.59. The van der Waals surface area contributed by atoms with Gasteiger partial charge in [0, 0.05) is 18.7 Å². The molecule has 0 unspecified atom stereocenters. The molecule has 0 aromatic heterocycles. The third kappa shape index (κ3) is 2.15. The number of carbonyl (C=O) groups is 3. The first-order valence-electron chi connectivity index (χ1n) is 6.14. The topological polar surface area (TPSA) is 92.5 Å². The Balaban J connectivity index is 2.17. The molecule has 3 amide bonds. The van der Waals surface area contributed by atoms with Crippen LogP contribution in [0, 0.1) is 5.41 Å². The van der Waals surface area contributed by atoms with Gasteiger partial charge < -0.3 is 0 Å². The van der Waals surface area contributed by atoms with E-state index in [4.69, 9.17) is 5.84 Å². The molecule has 1 aliphatic carbocycles. The minimum Gasteiger partial charge on any atom is -0.294 e. The molecule has 0 radical (unpaired) electrons. The molecule has 2 rings (SSSR count). The summed E-state index contributed by atoms with van der Waals surface area (Å²) < 4.78 is 0. The van der Waals surface area contributed by atoms with E-state index in [1.807, 2.05) is 0 Å². The Morgan fingerprint density at radius 3 is 2.28 bits per heavy atom. The van der Waals surface area contributed by atoms with Gasteiger partial charge in [0.05, 0.1) is 5.41 Å². The highest BCUT2D eigenvalue weighted by atomic mass is 16.2. The fourth-order valence-corrected chi connectivity index (χ4v) is 2.73. The second kappa shape index (κ2) is 4.89. The third-order valence-electron chi connectivity index (χ3n) is 3.78. The largest absolute Gasteiger partial charge is 0.294 e. The van der Waals surface area contributed by atoms with Gasteiger partial charge in [-0.05, 0) is 12.8 Å². The first kappa shape index (κ1) is 12.8. The predicted molar refractivity (Wildman–Crippen MR) is 63.7 cm³/mol. The molecule has 0 spiro atoms. The molecule has 1 heterocycles. The fourth-order valence-electron chi connectivity index (χ4n) is 2.73. The van der Waals surface area contributed by atoms with Gasteiger partial charge in [-0.15, -0.1) is 0 Å². The Kier molecular flexibility index (Phi) is 3.47. The van der Waals surface area contributed by atoms with E-state index in [1.54, 1.807) is 0 Å². The summed E-state index contributed by atoms with van der Waals surface area (Å²) in [5.41, 5.74) is 1.45. The molecule has 1 saturated carbocycles. The lowest BCUT2D eigenvalue weighted by atomic mass is 9.73. The second-order valence-corrected chi connectivity index (χ2v) is 4.91. The smallest absolute Gasteiger partial charge is 0.253 e. The lowest BCUT2D eigenvalue weighted by Gasteiger charge is -2.37. The molecule has 1 fully saturated rings. The van der Waals surface area contributed by atoms with Crippen LogP contribution in [-0.2, 0) is 14.4 Å². The van der Waals surface area contributed by atoms with Gasteiger partial charge in [-0.2, -0.15) is 0 Å². The van der Waals surface area contributed by atoms with Crippen LogP contribution in [0.2, 0.25) is 0 Å². The Hall–Kier alpha value is -1.69. The van der Waals surface area contributed by atoms with Crippen LogP contribution in [0.5, 0.6) is 0 Å². The highest BCUT2D eigenvalue weighted by Crippen LogP contribution is 2.37. The number of nitrogens with two attached hydrogens (primary N) is 1. The summed E-state index contributed by atoms with van der Waals surface area (Å²) in [7, 11) is 0. The summed E-state index contributed by atoms with van der Waals surface area (Å²) in [6, 6.07) is 0. The second-order valence-electron chi connectivity index (χ2n) is 4.91. The molecule has 18 heavy (non-hydrogen) atoms. The van der Waals surface area contributed by atoms with Crippen molar-refractivity contribution in [3.63, 3.8) is 0 Å². The molecule has 3 N–H and O–H groups in total. The van der Waals surface area contributed by atoms with Crippen LogP contribution < -0.4 is 11.3 Å². The zero-order valence-corrected chi connectivity index (χ0v) is 10.1. The molecule has 98 valence electrons. The minimum absolute atomic E-state index is 0.126. The minimum atomic E-state index is -0.718. The predicted octanol–water partition coefficient (Wildman–Crippen LogP) is -0.148. The van der Waals surface area contributed by atoms with Crippen molar-refractivity contribution in [1.82, 2.24) is 10.3 Å². The number of amides is 3. The van der Waals surface area contributed by atoms with Crippen molar-refractivity contribution in [2.24, 2.45) is 11.3 Å². The monoisotopic (exact) mass is 251 g/mol. The molecule has 6 heteroatoms. The molecule has 0 aromatic carbocycles. The van der Waals surface area contributed by atoms with Gasteiger partial charge in [0.1, 0.15) is 0 Å². The normalized spacial score (nSPS) is 22.4. The Bertz CT molecular complexity index is 393. The van der Waals surface area contributed by atoms with Crippen molar-refractivity contribution >= 4 is 17.7 Å². The van der Waals surface area contributed by atoms with Crippen molar-refractivity contribution in [2.75, 3.05) is 6.54 Å². The van der Waals surface area contributed by atoms with Crippen LogP contribution in [0.1, 0.15) is 32.1 Å². The number of hydrogen-bond acceptors (Lipinski definition) is 4. The summed E-state index contributed by atoms with van der Waals surface area (Å²) >= 11 is 0. The van der Waals surface area contributed by atoms with Crippen molar-refractivity contribution in [3.05, 3.63) is 12.2 Å². The van der Waals surface area contributed by atoms with Gasteiger partial charge in [0.25, 0.3) is 11.8 Å². The summed E-state index contributed by atoms with van der Waals surface area (Å²) in [4.78, 5) is 36.2. The number of hydrogen-bond donors (Lipinski definition) is 2. The first-order valence-corrected chi connectivity index (χ1v) is 6.14. The van der Waals surface area contributed by atoms with E-state index >= 15 is 0 Å². The van der Waals surface area contributed by atoms with Gasteiger partial charge in [-0.25, -0.2) is 5.84 Å². The zero-order valence-electron chi connectivity index (χ0n) is 10.1. The maximum Gasteiger partial charge on any atom is 0.253 e. The maximum atomic E-state index is 12.0. The standard InChI is InChI=1S/C12H17N3O3/c13-14-11(18)12(6-2-1-3-7-12)8-15-9(16)4-5-10(15)17/h4-5H,1-3,6-8,13H2,(H,14,18). The van der Waals surface area contributed by atoms with Gasteiger partial charge in [-0.3, -0.25) is 24.7 Å². The highest BCUT2D eigenvalue weighted by Gasteiger charge is 2.43. The molecule has 2 aliphatic rings. The molecule has 1 aliphatic heterocycles. The molecule has 0 saturated heterocycles. The summed E-state index contributed by atoms with van der Waals surface area (Å²) in [6.45, 7) is 0.126. The van der Waals surface area contributed by atoms with E-state index in [0.717, 1.165) is 24.2 Å². The van der Waals surface area contributed by atoms with E-state index in [2.05, 4.69) is 5.43 Å². The molecular formula is C12H17N3O3. The molecule has 0 bridgehead atoms. The Labute approximate surface area is 105 Å². The SMILES string of the molecule is NNC(=O)C1(CN2C(=O)C=CC2=O)CCCCC1. The maximum absolute atomic E-state index is 12.0. The summed E-state index contributed by atoms with van der Waals surface area (Å²) in [5.74, 6) is 4.24. The number of nitrogens with zero attached hydrogens (tertiary/aromatic N) is 1. The van der Waals surface area contributed by atoms with Crippen molar-refractivity contribution < 1.29 is 14.4 Å². The van der Waals surface area contributed by atoms with Crippen LogP contribution in [0.25, 0.3) is 0 Å². The number of nitrogens with one attached hydrogen (secondary N) is 1. The van der Waals surface area contributed by atoms with Crippen LogP contribution in [0.15, 0.2) is 12.2 Å². The van der Waals surface area contributed by atoms with Crippen molar-refractivity contribution in [1.29, 1.82) is 0 Å². The molecule has 6 nitrogen and oxygen atoms in total.